The maximum atomic E-state index is 12.7. The first-order valence-electron chi connectivity index (χ1n) is 8.82. The number of urea groups is 1. The Kier molecular flexibility index (Phi) is 7.12. The van der Waals surface area contributed by atoms with Gasteiger partial charge in [-0.15, -0.1) is 0 Å². The molecule has 2 rings (SSSR count). The fraction of sp³-hybridized carbons (Fsp3) is 0.474. The van der Waals surface area contributed by atoms with Gasteiger partial charge >= 0.3 is 12.0 Å². The molecule has 148 valence electrons. The minimum atomic E-state index is -0.670. The number of hydrogen-bond acceptors (Lipinski definition) is 5. The van der Waals surface area contributed by atoms with Crippen molar-refractivity contribution in [3.63, 3.8) is 0 Å². The molecule has 7 nitrogen and oxygen atoms in total. The van der Waals surface area contributed by atoms with Gasteiger partial charge in [0.25, 0.3) is 0 Å². The topological polar surface area (TPSA) is 85.9 Å². The third-order valence-electron chi connectivity index (χ3n) is 4.05. The number of carbonyl (C=O) groups is 2. The highest BCUT2D eigenvalue weighted by Crippen LogP contribution is 2.40. The zero-order valence-electron chi connectivity index (χ0n) is 16.1. The number of nitrogens with one attached hydrogen (secondary N) is 2. The van der Waals surface area contributed by atoms with Crippen LogP contribution in [-0.2, 0) is 9.53 Å². The number of hydrogen-bond donors (Lipinski definition) is 2. The fourth-order valence-electron chi connectivity index (χ4n) is 2.92. The Bertz CT molecular complexity index is 761. The van der Waals surface area contributed by atoms with E-state index < -0.39 is 12.0 Å². The molecule has 1 aliphatic heterocycles. The molecule has 0 radical (unpaired) electrons. The largest absolute Gasteiger partial charge is 0.493 e. The van der Waals surface area contributed by atoms with Gasteiger partial charge in [0.05, 0.1) is 36.4 Å². The molecule has 0 saturated carbocycles. The quantitative estimate of drug-likeness (QED) is 0.631. The molecule has 1 aromatic rings. The molecule has 1 aliphatic rings. The molecule has 1 aromatic carbocycles. The van der Waals surface area contributed by atoms with Crippen molar-refractivity contribution in [2.75, 3.05) is 20.3 Å². The van der Waals surface area contributed by atoms with E-state index in [-0.39, 0.29) is 18.6 Å². The van der Waals surface area contributed by atoms with Gasteiger partial charge in [-0.1, -0.05) is 13.8 Å². The predicted molar refractivity (Wildman–Crippen MR) is 105 cm³/mol. The number of methoxy groups -OCH3 is 1. The summed E-state index contributed by atoms with van der Waals surface area (Å²) < 4.78 is 17.0. The molecule has 27 heavy (non-hydrogen) atoms. The molecule has 8 heteroatoms. The monoisotopic (exact) mass is 440 g/mol. The molecule has 0 spiro atoms. The summed E-state index contributed by atoms with van der Waals surface area (Å²) in [4.78, 5) is 24.9. The summed E-state index contributed by atoms with van der Waals surface area (Å²) in [5, 5.41) is 5.55. The average Bonchev–Trinajstić information content (AvgIpc) is 2.62. The molecular formula is C19H25BrN2O5. The number of allylic oxidation sites excluding steroid dienone is 1. The lowest BCUT2D eigenvalue weighted by Crippen LogP contribution is -2.47. The van der Waals surface area contributed by atoms with Crippen LogP contribution in [0.1, 0.15) is 39.3 Å². The highest BCUT2D eigenvalue weighted by atomic mass is 79.9. The van der Waals surface area contributed by atoms with Gasteiger partial charge in [-0.3, -0.25) is 0 Å². The van der Waals surface area contributed by atoms with Gasteiger partial charge < -0.3 is 24.8 Å². The van der Waals surface area contributed by atoms with Crippen LogP contribution in [0.4, 0.5) is 4.79 Å². The summed E-state index contributed by atoms with van der Waals surface area (Å²) in [6.45, 7) is 8.16. The minimum absolute atomic E-state index is 0.0639. The van der Waals surface area contributed by atoms with Crippen molar-refractivity contribution >= 4 is 27.9 Å². The van der Waals surface area contributed by atoms with Crippen LogP contribution in [0, 0.1) is 5.92 Å². The number of ether oxygens (including phenoxy) is 3. The van der Waals surface area contributed by atoms with Crippen LogP contribution in [0.5, 0.6) is 11.5 Å². The van der Waals surface area contributed by atoms with Crippen molar-refractivity contribution in [2.45, 2.75) is 33.7 Å². The van der Waals surface area contributed by atoms with E-state index in [0.717, 1.165) is 0 Å². The number of halogens is 1. The Hall–Kier alpha value is -2.22. The van der Waals surface area contributed by atoms with Crippen molar-refractivity contribution in [1.82, 2.24) is 10.6 Å². The molecule has 0 saturated heterocycles. The smallest absolute Gasteiger partial charge is 0.338 e. The normalized spacial score (nSPS) is 16.7. The Labute approximate surface area is 167 Å². The Balaban J connectivity index is 2.62. The molecule has 0 aromatic heterocycles. The lowest BCUT2D eigenvalue weighted by atomic mass is 9.91. The van der Waals surface area contributed by atoms with E-state index >= 15 is 0 Å². The number of carbonyl (C=O) groups excluding carboxylic acids is 2. The van der Waals surface area contributed by atoms with Gasteiger partial charge in [-0.05, 0) is 53.4 Å². The van der Waals surface area contributed by atoms with Crippen LogP contribution in [0.2, 0.25) is 0 Å². The van der Waals surface area contributed by atoms with Crippen LogP contribution in [0.25, 0.3) is 0 Å². The molecule has 1 atom stereocenters. The standard InChI is InChI=1S/C19H25BrN2O5/c1-6-26-17-12(20)8-11(9-13(17)25-5)16-14(18(23)27-7-2)15(10(3)4)21-19(24)22-16/h8-10,16H,6-7H2,1-5H3,(H2,21,22,24). The maximum Gasteiger partial charge on any atom is 0.338 e. The van der Waals surface area contributed by atoms with E-state index in [4.69, 9.17) is 14.2 Å². The molecule has 0 bridgehead atoms. The van der Waals surface area contributed by atoms with E-state index in [1.807, 2.05) is 20.8 Å². The fourth-order valence-corrected chi connectivity index (χ4v) is 3.49. The second-order valence-electron chi connectivity index (χ2n) is 6.20. The first-order valence-corrected chi connectivity index (χ1v) is 9.62. The Morgan fingerprint density at radius 2 is 1.96 bits per heavy atom. The first-order chi connectivity index (χ1) is 12.8. The van der Waals surface area contributed by atoms with E-state index in [9.17, 15) is 9.59 Å². The third-order valence-corrected chi connectivity index (χ3v) is 4.64. The van der Waals surface area contributed by atoms with Gasteiger partial charge in [0.2, 0.25) is 0 Å². The van der Waals surface area contributed by atoms with Crippen LogP contribution in [0.15, 0.2) is 27.9 Å². The molecule has 2 N–H and O–H groups in total. The van der Waals surface area contributed by atoms with Gasteiger partial charge in [-0.2, -0.15) is 0 Å². The van der Waals surface area contributed by atoms with Crippen molar-refractivity contribution in [3.8, 4) is 11.5 Å². The summed E-state index contributed by atoms with van der Waals surface area (Å²) in [5.74, 6) is 0.534. The summed E-state index contributed by atoms with van der Waals surface area (Å²) >= 11 is 3.49. The van der Waals surface area contributed by atoms with Crippen LogP contribution >= 0.6 is 15.9 Å². The summed E-state index contributed by atoms with van der Waals surface area (Å²) in [7, 11) is 1.54. The molecule has 1 heterocycles. The average molecular weight is 441 g/mol. The van der Waals surface area contributed by atoms with E-state index in [0.29, 0.717) is 39.4 Å². The molecule has 0 fully saturated rings. The van der Waals surface area contributed by atoms with Gasteiger partial charge in [0.1, 0.15) is 0 Å². The van der Waals surface area contributed by atoms with E-state index in [1.54, 1.807) is 19.1 Å². The first kappa shape index (κ1) is 21.1. The molecule has 2 amide bonds. The number of esters is 1. The van der Waals surface area contributed by atoms with E-state index in [1.165, 1.54) is 7.11 Å². The van der Waals surface area contributed by atoms with Gasteiger partial charge in [-0.25, -0.2) is 9.59 Å². The Morgan fingerprint density at radius 1 is 1.26 bits per heavy atom. The third kappa shape index (κ3) is 4.55. The van der Waals surface area contributed by atoms with Crippen molar-refractivity contribution in [3.05, 3.63) is 33.4 Å². The molecule has 1 unspecified atom stereocenters. The van der Waals surface area contributed by atoms with Crippen LogP contribution in [0.3, 0.4) is 0 Å². The predicted octanol–water partition coefficient (Wildman–Crippen LogP) is 3.68. The lowest BCUT2D eigenvalue weighted by Gasteiger charge is -2.31. The number of benzene rings is 1. The summed E-state index contributed by atoms with van der Waals surface area (Å²) in [6, 6.07) is 2.52. The lowest BCUT2D eigenvalue weighted by molar-refractivity contribution is -0.139. The number of amides is 2. The molecular weight excluding hydrogens is 416 g/mol. The van der Waals surface area contributed by atoms with Gasteiger partial charge in [0.15, 0.2) is 11.5 Å². The SMILES string of the molecule is CCOC(=O)C1=C(C(C)C)NC(=O)NC1c1cc(Br)c(OCC)c(OC)c1. The van der Waals surface area contributed by atoms with Crippen molar-refractivity contribution in [2.24, 2.45) is 5.92 Å². The minimum Gasteiger partial charge on any atom is -0.493 e. The van der Waals surface area contributed by atoms with Crippen molar-refractivity contribution < 1.29 is 23.8 Å². The Morgan fingerprint density at radius 3 is 2.52 bits per heavy atom. The van der Waals surface area contributed by atoms with Crippen LogP contribution < -0.4 is 20.1 Å². The van der Waals surface area contributed by atoms with Gasteiger partial charge in [0, 0.05) is 5.70 Å². The highest BCUT2D eigenvalue weighted by molar-refractivity contribution is 9.10. The molecule has 0 aliphatic carbocycles. The summed E-state index contributed by atoms with van der Waals surface area (Å²) in [5.41, 5.74) is 1.61. The second-order valence-corrected chi connectivity index (χ2v) is 7.06. The number of rotatable bonds is 7. The van der Waals surface area contributed by atoms with E-state index in [2.05, 4.69) is 26.6 Å². The second kappa shape index (κ2) is 9.12. The zero-order chi connectivity index (χ0) is 20.1. The maximum absolute atomic E-state index is 12.7. The zero-order valence-corrected chi connectivity index (χ0v) is 17.7. The van der Waals surface area contributed by atoms with Crippen LogP contribution in [-0.4, -0.2) is 32.3 Å². The van der Waals surface area contributed by atoms with Crippen molar-refractivity contribution in [1.29, 1.82) is 0 Å². The summed E-state index contributed by atoms with van der Waals surface area (Å²) in [6.07, 6.45) is 0. The highest BCUT2D eigenvalue weighted by Gasteiger charge is 2.35.